The molecule has 9 aromatic rings. The Balaban J connectivity index is 1.18. The minimum atomic E-state index is -0.462. The molecule has 1 aromatic heterocycles. The van der Waals surface area contributed by atoms with E-state index in [0.717, 1.165) is 27.5 Å². The van der Waals surface area contributed by atoms with Crippen molar-refractivity contribution in [3.8, 4) is 45.3 Å². The third-order valence-electron chi connectivity index (χ3n) is 10.4. The van der Waals surface area contributed by atoms with Gasteiger partial charge in [0.25, 0.3) is 0 Å². The lowest BCUT2D eigenvalue weighted by Gasteiger charge is -2.34. The van der Waals surface area contributed by atoms with Gasteiger partial charge in [-0.05, 0) is 61.0 Å². The van der Waals surface area contributed by atoms with Crippen LogP contribution >= 0.6 is 0 Å². The van der Waals surface area contributed by atoms with Gasteiger partial charge in [-0.1, -0.05) is 182 Å². The molecular formula is C48H31N3. The largest absolute Gasteiger partial charge is 0.208 e. The van der Waals surface area contributed by atoms with Crippen LogP contribution in [0.25, 0.3) is 66.8 Å². The molecule has 0 saturated carbocycles. The Morgan fingerprint density at radius 1 is 0.314 bits per heavy atom. The Kier molecular flexibility index (Phi) is 6.71. The van der Waals surface area contributed by atoms with Gasteiger partial charge >= 0.3 is 0 Å². The number of aromatic nitrogens is 3. The van der Waals surface area contributed by atoms with Crippen molar-refractivity contribution in [3.63, 3.8) is 0 Å². The lowest BCUT2D eigenvalue weighted by molar-refractivity contribution is 0.768. The molecule has 0 bridgehead atoms. The Labute approximate surface area is 296 Å². The molecule has 3 heteroatoms. The topological polar surface area (TPSA) is 38.7 Å². The van der Waals surface area contributed by atoms with Gasteiger partial charge in [-0.3, -0.25) is 0 Å². The highest BCUT2D eigenvalue weighted by molar-refractivity contribution is 6.13. The molecule has 0 spiro atoms. The summed E-state index contributed by atoms with van der Waals surface area (Å²) in [5.41, 5.74) is 10.00. The normalized spacial score (nSPS) is 12.9. The molecule has 1 aliphatic carbocycles. The Morgan fingerprint density at radius 3 is 1.45 bits per heavy atom. The molecule has 8 aromatic carbocycles. The predicted octanol–water partition coefficient (Wildman–Crippen LogP) is 11.5. The maximum atomic E-state index is 5.21. The molecule has 238 valence electrons. The average Bonchev–Trinajstić information content (AvgIpc) is 3.52. The van der Waals surface area contributed by atoms with Gasteiger partial charge in [0, 0.05) is 16.7 Å². The second-order valence-electron chi connectivity index (χ2n) is 13.1. The number of benzene rings is 8. The molecule has 1 heterocycles. The summed E-state index contributed by atoms with van der Waals surface area (Å²) >= 11 is 0. The molecule has 1 aliphatic rings. The predicted molar refractivity (Wildman–Crippen MR) is 208 cm³/mol. The first kappa shape index (κ1) is 29.2. The molecule has 10 rings (SSSR count). The minimum absolute atomic E-state index is 0.462. The number of hydrogen-bond donors (Lipinski definition) is 0. The van der Waals surface area contributed by atoms with Gasteiger partial charge in [-0.25, -0.2) is 15.0 Å². The van der Waals surface area contributed by atoms with Gasteiger partial charge in [-0.2, -0.15) is 0 Å². The second kappa shape index (κ2) is 11.7. The van der Waals surface area contributed by atoms with Gasteiger partial charge in [0.05, 0.1) is 5.41 Å². The van der Waals surface area contributed by atoms with Crippen LogP contribution in [-0.2, 0) is 5.41 Å². The van der Waals surface area contributed by atoms with Gasteiger partial charge in [-0.15, -0.1) is 0 Å². The third kappa shape index (κ3) is 4.56. The Bertz CT molecular complexity index is 2690. The zero-order chi connectivity index (χ0) is 33.8. The van der Waals surface area contributed by atoms with Crippen LogP contribution in [0.3, 0.4) is 0 Å². The fourth-order valence-corrected chi connectivity index (χ4v) is 8.16. The first-order chi connectivity index (χ1) is 25.3. The molecule has 3 nitrogen and oxygen atoms in total. The van der Waals surface area contributed by atoms with E-state index in [1.165, 1.54) is 44.2 Å². The van der Waals surface area contributed by atoms with Crippen molar-refractivity contribution in [3.05, 3.63) is 210 Å². The van der Waals surface area contributed by atoms with Gasteiger partial charge in [0.2, 0.25) is 0 Å². The third-order valence-corrected chi connectivity index (χ3v) is 10.4. The SMILES string of the molecule is c1ccc(-c2nc(-c3ccc(C4(c5ccccc5)c5ccccc5-c5ccccc54)cc3)nc(-c3cc4ccccc4c4ccccc34)n2)cc1. The van der Waals surface area contributed by atoms with Crippen LogP contribution in [0.2, 0.25) is 0 Å². The molecular weight excluding hydrogens is 619 g/mol. The van der Waals surface area contributed by atoms with Crippen LogP contribution in [0.1, 0.15) is 22.3 Å². The van der Waals surface area contributed by atoms with E-state index in [-0.39, 0.29) is 0 Å². The molecule has 0 radical (unpaired) electrons. The summed E-state index contributed by atoms with van der Waals surface area (Å²) in [5, 5.41) is 4.67. The van der Waals surface area contributed by atoms with E-state index in [4.69, 9.17) is 15.0 Å². The summed E-state index contributed by atoms with van der Waals surface area (Å²) in [5.74, 6) is 1.95. The summed E-state index contributed by atoms with van der Waals surface area (Å²) < 4.78 is 0. The van der Waals surface area contributed by atoms with Gasteiger partial charge in [0.15, 0.2) is 17.5 Å². The molecule has 0 saturated heterocycles. The molecule has 0 unspecified atom stereocenters. The highest BCUT2D eigenvalue weighted by atomic mass is 15.0. The molecule has 0 N–H and O–H groups in total. The van der Waals surface area contributed by atoms with E-state index in [9.17, 15) is 0 Å². The van der Waals surface area contributed by atoms with E-state index in [1.54, 1.807) is 0 Å². The van der Waals surface area contributed by atoms with Gasteiger partial charge in [0.1, 0.15) is 0 Å². The highest BCUT2D eigenvalue weighted by Crippen LogP contribution is 2.56. The van der Waals surface area contributed by atoms with Crippen LogP contribution in [-0.4, -0.2) is 15.0 Å². The van der Waals surface area contributed by atoms with E-state index in [2.05, 4.69) is 170 Å². The van der Waals surface area contributed by atoms with Crippen molar-refractivity contribution in [2.24, 2.45) is 0 Å². The second-order valence-corrected chi connectivity index (χ2v) is 13.1. The quantitative estimate of drug-likeness (QED) is 0.174. The van der Waals surface area contributed by atoms with Crippen LogP contribution in [0, 0.1) is 0 Å². The van der Waals surface area contributed by atoms with Crippen LogP contribution in [0.4, 0.5) is 0 Å². The van der Waals surface area contributed by atoms with Crippen molar-refractivity contribution < 1.29 is 0 Å². The minimum Gasteiger partial charge on any atom is -0.208 e. The highest BCUT2D eigenvalue weighted by Gasteiger charge is 2.45. The monoisotopic (exact) mass is 649 g/mol. The lowest BCUT2D eigenvalue weighted by atomic mass is 9.67. The molecule has 0 fully saturated rings. The Hall–Kier alpha value is -6.71. The maximum Gasteiger partial charge on any atom is 0.164 e. The summed E-state index contributed by atoms with van der Waals surface area (Å²) in [6, 6.07) is 66.9. The van der Waals surface area contributed by atoms with Crippen LogP contribution in [0.15, 0.2) is 188 Å². The van der Waals surface area contributed by atoms with Crippen molar-refractivity contribution in [1.29, 1.82) is 0 Å². The zero-order valence-electron chi connectivity index (χ0n) is 27.7. The van der Waals surface area contributed by atoms with Crippen LogP contribution < -0.4 is 0 Å². The van der Waals surface area contributed by atoms with Crippen LogP contribution in [0.5, 0.6) is 0 Å². The number of rotatable bonds is 5. The first-order valence-electron chi connectivity index (χ1n) is 17.4. The van der Waals surface area contributed by atoms with Crippen molar-refractivity contribution in [2.75, 3.05) is 0 Å². The summed E-state index contributed by atoms with van der Waals surface area (Å²) in [6.45, 7) is 0. The fourth-order valence-electron chi connectivity index (χ4n) is 8.16. The van der Waals surface area contributed by atoms with Crippen molar-refractivity contribution in [2.45, 2.75) is 5.41 Å². The van der Waals surface area contributed by atoms with E-state index in [1.807, 2.05) is 18.2 Å². The van der Waals surface area contributed by atoms with E-state index in [0.29, 0.717) is 17.5 Å². The first-order valence-corrected chi connectivity index (χ1v) is 17.4. The molecule has 0 amide bonds. The smallest absolute Gasteiger partial charge is 0.164 e. The maximum absolute atomic E-state index is 5.21. The summed E-state index contributed by atoms with van der Waals surface area (Å²) in [4.78, 5) is 15.4. The number of hydrogen-bond acceptors (Lipinski definition) is 3. The molecule has 0 aliphatic heterocycles. The van der Waals surface area contributed by atoms with Crippen molar-refractivity contribution >= 4 is 21.5 Å². The fraction of sp³-hybridized carbons (Fsp3) is 0.0208. The standard InChI is InChI=1S/C48H31N3/c1-3-15-32(16-4-1)45-49-46(51-47(50-45)42-31-34-17-7-8-20-37(34)38-21-9-10-22-39(38)42)33-27-29-36(30-28-33)48(35-18-5-2-6-19-35)43-25-13-11-23-40(43)41-24-12-14-26-44(41)48/h1-31H. The van der Waals surface area contributed by atoms with Crippen molar-refractivity contribution in [1.82, 2.24) is 15.0 Å². The summed E-state index contributed by atoms with van der Waals surface area (Å²) in [6.07, 6.45) is 0. The lowest BCUT2D eigenvalue weighted by Crippen LogP contribution is -2.28. The zero-order valence-corrected chi connectivity index (χ0v) is 27.7. The van der Waals surface area contributed by atoms with E-state index < -0.39 is 5.41 Å². The summed E-state index contributed by atoms with van der Waals surface area (Å²) in [7, 11) is 0. The average molecular weight is 650 g/mol. The number of nitrogens with zero attached hydrogens (tertiary/aromatic N) is 3. The Morgan fingerprint density at radius 2 is 0.784 bits per heavy atom. The molecule has 51 heavy (non-hydrogen) atoms. The van der Waals surface area contributed by atoms with Gasteiger partial charge < -0.3 is 0 Å². The number of fused-ring (bicyclic) bond motifs is 6. The molecule has 0 atom stereocenters. The van der Waals surface area contributed by atoms with E-state index >= 15 is 0 Å².